The fourth-order valence-corrected chi connectivity index (χ4v) is 10.8. The topological polar surface area (TPSA) is 114 Å². The minimum atomic E-state index is -4.71. The number of phosphoric acid groups is 1. The maximum absolute atomic E-state index is 13.6. The molecule has 84 heavy (non-hydrogen) atoms. The molecule has 9 nitrogen and oxygen atoms in total. The van der Waals surface area contributed by atoms with Crippen LogP contribution in [0.5, 0.6) is 0 Å². The number of esters is 1. The zero-order valence-electron chi connectivity index (χ0n) is 55.8. The number of amides is 1. The van der Waals surface area contributed by atoms with E-state index < -0.39 is 26.6 Å². The molecule has 10 heteroatoms. The van der Waals surface area contributed by atoms with Gasteiger partial charge in [-0.2, -0.15) is 0 Å². The second-order valence-corrected chi connectivity index (χ2v) is 26.4. The molecular weight excluding hydrogens is 1060 g/mol. The molecule has 0 radical (unpaired) electrons. The average molecular weight is 1200 g/mol. The van der Waals surface area contributed by atoms with E-state index in [0.29, 0.717) is 17.4 Å². The van der Waals surface area contributed by atoms with E-state index in [1.807, 2.05) is 33.3 Å². The second kappa shape index (κ2) is 63.2. The first-order chi connectivity index (χ1) is 40.9. The van der Waals surface area contributed by atoms with Crippen LogP contribution >= 0.6 is 7.82 Å². The standard InChI is InChI=1S/C74H135N2O7P/c1-7-10-13-16-19-22-25-28-30-32-34-36-38-40-42-44-46-48-51-54-57-60-63-66-73(77)75-71(70-82-84(79,80)81-69-68-76(4,5)6)72(65-62-59-56-53-50-27-24-21-18-15-12-9-3)83-74(78)67-64-61-58-55-52-49-47-45-43-41-39-37-35-33-31-29-26-23-20-17-14-11-8-2/h19-20,22-23,28-31,34-37,62,65,71-72H,7-18,21,24-27,32-33,38-61,63-64,66-70H2,1-6H3,(H-,75,77,79,80)/b22-19-,23-20-,30-28-,31-29-,36-34-,37-35-,65-62+. The van der Waals surface area contributed by atoms with Crippen molar-refractivity contribution >= 4 is 19.7 Å². The molecule has 0 aliphatic carbocycles. The van der Waals surface area contributed by atoms with Gasteiger partial charge in [-0.1, -0.05) is 286 Å². The highest BCUT2D eigenvalue weighted by Gasteiger charge is 2.27. The van der Waals surface area contributed by atoms with Gasteiger partial charge in [0, 0.05) is 12.8 Å². The predicted molar refractivity (Wildman–Crippen MR) is 362 cm³/mol. The van der Waals surface area contributed by atoms with Crippen LogP contribution in [0.15, 0.2) is 85.1 Å². The second-order valence-electron chi connectivity index (χ2n) is 25.0. The average Bonchev–Trinajstić information content (AvgIpc) is 3.64. The van der Waals surface area contributed by atoms with E-state index in [1.54, 1.807) is 0 Å². The van der Waals surface area contributed by atoms with Crippen LogP contribution in [0.1, 0.15) is 323 Å². The number of unbranched alkanes of at least 4 members (excludes halogenated alkanes) is 36. The van der Waals surface area contributed by atoms with Crippen molar-refractivity contribution in [1.82, 2.24) is 5.32 Å². The van der Waals surface area contributed by atoms with Crippen LogP contribution in [0.3, 0.4) is 0 Å². The van der Waals surface area contributed by atoms with Crippen molar-refractivity contribution in [3.05, 3.63) is 85.1 Å². The molecule has 3 atom stereocenters. The quantitative estimate of drug-likeness (QED) is 0.0212. The number of phosphoric ester groups is 1. The number of hydrogen-bond acceptors (Lipinski definition) is 7. The van der Waals surface area contributed by atoms with Gasteiger partial charge in [-0.05, 0) is 109 Å². The van der Waals surface area contributed by atoms with Crippen LogP contribution in [-0.2, 0) is 27.9 Å². The van der Waals surface area contributed by atoms with E-state index in [-0.39, 0.29) is 24.9 Å². The minimum Gasteiger partial charge on any atom is -0.756 e. The lowest BCUT2D eigenvalue weighted by Crippen LogP contribution is -2.47. The number of hydrogen-bond donors (Lipinski definition) is 1. The monoisotopic (exact) mass is 1200 g/mol. The zero-order chi connectivity index (χ0) is 61.4. The van der Waals surface area contributed by atoms with Crippen LogP contribution < -0.4 is 10.2 Å². The van der Waals surface area contributed by atoms with Crippen molar-refractivity contribution in [2.75, 3.05) is 40.9 Å². The molecule has 0 fully saturated rings. The molecule has 1 amide bonds. The number of carbonyl (C=O) groups is 2. The third-order valence-electron chi connectivity index (χ3n) is 15.5. The number of nitrogens with one attached hydrogen (secondary N) is 1. The van der Waals surface area contributed by atoms with Gasteiger partial charge in [0.25, 0.3) is 7.82 Å². The maximum Gasteiger partial charge on any atom is 0.306 e. The summed E-state index contributed by atoms with van der Waals surface area (Å²) in [4.78, 5) is 40.2. The van der Waals surface area contributed by atoms with Crippen LogP contribution in [0, 0.1) is 0 Å². The molecule has 0 aliphatic heterocycles. The Bertz CT molecular complexity index is 1710. The molecule has 0 aromatic rings. The fourth-order valence-electron chi connectivity index (χ4n) is 10.1. The van der Waals surface area contributed by atoms with E-state index in [2.05, 4.69) is 99.0 Å². The Hall–Kier alpha value is -2.81. The van der Waals surface area contributed by atoms with Gasteiger partial charge in [0.2, 0.25) is 5.91 Å². The minimum absolute atomic E-state index is 0.0262. The molecule has 0 heterocycles. The molecule has 3 unspecified atom stereocenters. The Labute approximate surface area is 520 Å². The number of allylic oxidation sites excluding steroid dienone is 13. The summed E-state index contributed by atoms with van der Waals surface area (Å²) in [6, 6.07) is -0.897. The molecular formula is C74H135N2O7P. The Morgan fingerprint density at radius 1 is 0.417 bits per heavy atom. The van der Waals surface area contributed by atoms with Crippen molar-refractivity contribution in [3.8, 4) is 0 Å². The highest BCUT2D eigenvalue weighted by Crippen LogP contribution is 2.38. The summed E-state index contributed by atoms with van der Waals surface area (Å²) in [6.07, 6.45) is 84.1. The summed E-state index contributed by atoms with van der Waals surface area (Å²) in [5.74, 6) is -0.544. The number of ether oxygens (including phenoxy) is 1. The zero-order valence-corrected chi connectivity index (χ0v) is 56.7. The van der Waals surface area contributed by atoms with E-state index in [4.69, 9.17) is 13.8 Å². The van der Waals surface area contributed by atoms with E-state index in [9.17, 15) is 19.0 Å². The number of carbonyl (C=O) groups excluding carboxylic acids is 2. The Morgan fingerprint density at radius 3 is 1.11 bits per heavy atom. The SMILES string of the molecule is CCCCC/C=C\C/C=C\C/C=C\CCCCCCCCCCCCC(=O)NC(COP(=O)([O-])OCC[N+](C)(C)C)C(/C=C/CCCCCCCCCCCC)OC(=O)CCCCCCCCCCCC/C=C\C/C=C\C/C=C\CCCCC. The lowest BCUT2D eigenvalue weighted by molar-refractivity contribution is -0.870. The van der Waals surface area contributed by atoms with E-state index >= 15 is 0 Å². The van der Waals surface area contributed by atoms with E-state index in [1.165, 1.54) is 186 Å². The van der Waals surface area contributed by atoms with Crippen molar-refractivity contribution in [2.24, 2.45) is 0 Å². The molecule has 0 spiro atoms. The Balaban J connectivity index is 5.10. The van der Waals surface area contributed by atoms with Gasteiger partial charge >= 0.3 is 5.97 Å². The molecule has 0 aliphatic rings. The summed E-state index contributed by atoms with van der Waals surface area (Å²) in [5, 5.41) is 3.04. The molecule has 1 N–H and O–H groups in total. The molecule has 0 bridgehead atoms. The van der Waals surface area contributed by atoms with Crippen LogP contribution in [-0.4, -0.2) is 69.4 Å². The number of quaternary nitrogens is 1. The van der Waals surface area contributed by atoms with E-state index in [0.717, 1.165) is 103 Å². The first kappa shape index (κ1) is 81.2. The van der Waals surface area contributed by atoms with Crippen molar-refractivity contribution in [1.29, 1.82) is 0 Å². The van der Waals surface area contributed by atoms with Crippen molar-refractivity contribution in [3.63, 3.8) is 0 Å². The smallest absolute Gasteiger partial charge is 0.306 e. The van der Waals surface area contributed by atoms with Gasteiger partial charge in [-0.15, -0.1) is 0 Å². The Kier molecular flexibility index (Phi) is 61.1. The number of rotatable bonds is 64. The first-order valence-corrected chi connectivity index (χ1v) is 36.9. The molecule has 0 rings (SSSR count). The summed E-state index contributed by atoms with van der Waals surface area (Å²) in [5.41, 5.74) is 0. The van der Waals surface area contributed by atoms with Gasteiger partial charge in [0.05, 0.1) is 33.8 Å². The Morgan fingerprint density at radius 2 is 0.726 bits per heavy atom. The highest BCUT2D eigenvalue weighted by atomic mass is 31.2. The molecule has 488 valence electrons. The van der Waals surface area contributed by atoms with Crippen LogP contribution in [0.2, 0.25) is 0 Å². The first-order valence-electron chi connectivity index (χ1n) is 35.4. The van der Waals surface area contributed by atoms with Gasteiger partial charge in [-0.25, -0.2) is 0 Å². The normalized spacial score (nSPS) is 14.0. The third kappa shape index (κ3) is 63.7. The largest absolute Gasteiger partial charge is 0.756 e. The van der Waals surface area contributed by atoms with Gasteiger partial charge in [0.15, 0.2) is 0 Å². The summed E-state index contributed by atoms with van der Waals surface area (Å²) >= 11 is 0. The lowest BCUT2D eigenvalue weighted by Gasteiger charge is -2.30. The van der Waals surface area contributed by atoms with Gasteiger partial charge in [-0.3, -0.25) is 14.2 Å². The number of likely N-dealkylation sites (N-methyl/N-ethyl adjacent to an activating group) is 1. The third-order valence-corrected chi connectivity index (χ3v) is 16.5. The molecule has 0 aromatic carbocycles. The summed E-state index contributed by atoms with van der Waals surface area (Å²) < 4.78 is 30.4. The maximum atomic E-state index is 13.6. The predicted octanol–water partition coefficient (Wildman–Crippen LogP) is 21.9. The van der Waals surface area contributed by atoms with Crippen molar-refractivity contribution < 1.29 is 37.3 Å². The number of nitrogens with zero attached hydrogens (tertiary/aromatic N) is 1. The molecule has 0 aromatic heterocycles. The fraction of sp³-hybridized carbons (Fsp3) is 0.784. The van der Waals surface area contributed by atoms with Gasteiger partial charge < -0.3 is 28.5 Å². The highest BCUT2D eigenvalue weighted by molar-refractivity contribution is 7.45. The summed E-state index contributed by atoms with van der Waals surface area (Å²) in [7, 11) is 1.18. The van der Waals surface area contributed by atoms with Crippen LogP contribution in [0.25, 0.3) is 0 Å². The lowest BCUT2D eigenvalue weighted by atomic mass is 10.0. The van der Waals surface area contributed by atoms with Gasteiger partial charge in [0.1, 0.15) is 19.3 Å². The summed E-state index contributed by atoms with van der Waals surface area (Å²) in [6.45, 7) is 6.81. The van der Waals surface area contributed by atoms with Crippen LogP contribution in [0.4, 0.5) is 0 Å². The van der Waals surface area contributed by atoms with Crippen molar-refractivity contribution in [2.45, 2.75) is 335 Å². The molecule has 0 saturated carbocycles. The molecule has 0 saturated heterocycles.